The average Bonchev–Trinajstić information content (AvgIpc) is 1.67. The number of hydrogen-bond acceptors (Lipinski definition) is 9. The number of aliphatic hydroxyl groups excluding tert-OH is 3. The zero-order valence-electron chi connectivity index (χ0n) is 52.0. The minimum atomic E-state index is -0.371. The molecule has 6 fully saturated rings. The fourth-order valence-corrected chi connectivity index (χ4v) is 22.1. The first-order chi connectivity index (χ1) is 40.1. The third kappa shape index (κ3) is 9.80. The molecule has 12 aliphatic rings. The maximum Gasteiger partial charge on any atom is 0.178 e. The molecule has 0 radical (unpaired) electrons. The van der Waals surface area contributed by atoms with Gasteiger partial charge in [0.15, 0.2) is 34.7 Å². The van der Waals surface area contributed by atoms with E-state index in [1.54, 1.807) is 11.6 Å². The van der Waals surface area contributed by atoms with Crippen molar-refractivity contribution in [1.82, 2.24) is 0 Å². The van der Waals surface area contributed by atoms with E-state index < -0.39 is 0 Å². The van der Waals surface area contributed by atoms with Gasteiger partial charge in [0, 0.05) is 46.8 Å². The van der Waals surface area contributed by atoms with Crippen LogP contribution in [0.3, 0.4) is 0 Å². The fraction of sp³-hybridized carbons (Fsp3) is 0.653. The second-order valence-electron chi connectivity index (χ2n) is 30.0. The number of allylic oxidation sites excluding steroid dienone is 14. The monoisotopic (exact) mass is 1140 g/mol. The Hall–Kier alpha value is -4.70. The van der Waals surface area contributed by atoms with E-state index in [4.69, 9.17) is 0 Å². The predicted octanol–water partition coefficient (Wildman–Crippen LogP) is 14.1. The predicted molar refractivity (Wildman–Crippen MR) is 329 cm³/mol. The molecule has 1 aromatic rings. The van der Waals surface area contributed by atoms with Gasteiger partial charge >= 0.3 is 0 Å². The second kappa shape index (κ2) is 23.1. The van der Waals surface area contributed by atoms with E-state index in [-0.39, 0.29) is 105 Å². The van der Waals surface area contributed by atoms with Crippen LogP contribution in [0.1, 0.15) is 195 Å². The molecule has 0 amide bonds. The zero-order valence-corrected chi connectivity index (χ0v) is 52.0. The number of carbonyl (C=O) groups is 6. The van der Waals surface area contributed by atoms with Crippen molar-refractivity contribution < 1.29 is 44.1 Å². The highest BCUT2D eigenvalue weighted by Crippen LogP contribution is 2.70. The molecule has 0 saturated heterocycles. The van der Waals surface area contributed by atoms with Crippen molar-refractivity contribution in [3.8, 4) is 0 Å². The maximum absolute atomic E-state index is 13.0. The highest BCUT2D eigenvalue weighted by Gasteiger charge is 2.63. The molecule has 0 aromatic heterocycles. The summed E-state index contributed by atoms with van der Waals surface area (Å²) in [5.41, 5.74) is 9.47. The number of Topliss-reactive ketones (excluding diaryl/α,β-unsaturated/α-hetero) is 3. The summed E-state index contributed by atoms with van der Waals surface area (Å²) in [7, 11) is 0. The van der Waals surface area contributed by atoms with Crippen LogP contribution >= 0.6 is 0 Å². The molecule has 12 aliphatic carbocycles. The van der Waals surface area contributed by atoms with Crippen molar-refractivity contribution in [1.29, 1.82) is 0 Å². The molecule has 0 bridgehead atoms. The Morgan fingerprint density at radius 2 is 0.917 bits per heavy atom. The van der Waals surface area contributed by atoms with Gasteiger partial charge in [0.05, 0.1) is 0 Å². The van der Waals surface area contributed by atoms with Crippen LogP contribution in [0, 0.1) is 97.6 Å². The molecule has 0 aliphatic heterocycles. The van der Waals surface area contributed by atoms with E-state index in [0.29, 0.717) is 66.0 Å². The Bertz CT molecular complexity index is 3050. The maximum atomic E-state index is 13.0. The molecule has 0 spiro atoms. The number of benzene rings is 1. The summed E-state index contributed by atoms with van der Waals surface area (Å²) in [5, 5.41) is 29.1. The zero-order chi connectivity index (χ0) is 59.9. The summed E-state index contributed by atoms with van der Waals surface area (Å²) in [4.78, 5) is 74.4. The summed E-state index contributed by atoms with van der Waals surface area (Å²) in [6.45, 7) is 17.2. The van der Waals surface area contributed by atoms with Crippen LogP contribution in [-0.4, -0.2) is 69.8 Å². The van der Waals surface area contributed by atoms with Crippen molar-refractivity contribution in [2.75, 3.05) is 19.8 Å². The second-order valence-corrected chi connectivity index (χ2v) is 30.0. The van der Waals surface area contributed by atoms with E-state index in [0.717, 1.165) is 116 Å². The molecule has 9 heteroatoms. The van der Waals surface area contributed by atoms with Crippen molar-refractivity contribution in [3.05, 3.63) is 118 Å². The Morgan fingerprint density at radius 1 is 0.500 bits per heavy atom. The standard InChI is InChI=1S/C27H32O3.C24H34O3.C24H32O3/c1-26-12-10-19(29)14-18(26)8-9-20-22(26)11-13-27(2)23(20)15-21(25(27)24(30)16-28)17-6-4-3-5-7-17;2*1-4-5-15-12-20-18-7-6-16-13-17(26)8-10-23(16,2)19(18)9-11-24(20,3)22(15)21(27)14-25/h3-7,11,14,20-21,23,25,28H,8-10,12-13,15-16H2,1-2H3;9,13,15,18,20,22,25H,4-8,10-12,14H2,1-3H3;8-10,13,15,18,20,22,25H,4-7,11-12,14H2,1-3H3/t20?,21-,23?,25+,26-,27-;2*15-,18?,20?,22-,23+,24+/m011/s1. The van der Waals surface area contributed by atoms with Crippen molar-refractivity contribution in [2.24, 2.45) is 97.6 Å². The minimum absolute atomic E-state index is 0.00271. The molecular formula is C75H98O9. The van der Waals surface area contributed by atoms with Gasteiger partial charge < -0.3 is 15.3 Å². The van der Waals surface area contributed by atoms with Gasteiger partial charge in [0.1, 0.15) is 19.8 Å². The summed E-state index contributed by atoms with van der Waals surface area (Å²) in [6.07, 6.45) is 36.5. The Morgan fingerprint density at radius 3 is 1.38 bits per heavy atom. The van der Waals surface area contributed by atoms with Crippen LogP contribution in [0.5, 0.6) is 0 Å². The summed E-state index contributed by atoms with van der Waals surface area (Å²) < 4.78 is 0. The fourth-order valence-electron chi connectivity index (χ4n) is 22.1. The number of ketones is 6. The van der Waals surface area contributed by atoms with Gasteiger partial charge in [0.2, 0.25) is 0 Å². The number of hydrogen-bond donors (Lipinski definition) is 3. The minimum Gasteiger partial charge on any atom is -0.389 e. The van der Waals surface area contributed by atoms with Gasteiger partial charge in [-0.25, -0.2) is 0 Å². The molecule has 1 aromatic carbocycles. The van der Waals surface area contributed by atoms with Crippen LogP contribution in [0.2, 0.25) is 0 Å². The van der Waals surface area contributed by atoms with Gasteiger partial charge in [-0.05, 0) is 209 Å². The van der Waals surface area contributed by atoms with Crippen LogP contribution in [0.25, 0.3) is 0 Å². The molecule has 18 atom stereocenters. The summed E-state index contributed by atoms with van der Waals surface area (Å²) in [6, 6.07) is 10.4. The molecule has 6 unspecified atom stereocenters. The van der Waals surface area contributed by atoms with Crippen molar-refractivity contribution in [3.63, 3.8) is 0 Å². The number of fused-ring (bicyclic) bond motifs is 15. The number of rotatable bonds is 11. The Balaban J connectivity index is 0.000000132. The SMILES string of the molecule is CCC[C@@H]1CC2C3CCC4=CC(=O)C=C[C@]4(C)C3=CC[C@]2(C)[C@H]1C(=O)CO.CCC[C@@H]1CC2C3CCC4=CC(=O)CC[C@]4(C)C3=CC[C@]2(C)[C@H]1C(=O)CO.C[C@]12CCC(=O)C=C1CCC1C2=CC[C@@]2(C)C1C[C@@H](c1ccccc1)[C@@H]2C(=O)CO. The van der Waals surface area contributed by atoms with Crippen LogP contribution in [-0.2, 0) is 28.8 Å². The first kappa shape index (κ1) is 61.0. The van der Waals surface area contributed by atoms with Gasteiger partial charge in [0.25, 0.3) is 0 Å². The molecule has 13 rings (SSSR count). The van der Waals surface area contributed by atoms with Gasteiger partial charge in [-0.15, -0.1) is 0 Å². The van der Waals surface area contributed by atoms with Gasteiger partial charge in [-0.1, -0.05) is 149 Å². The molecule has 3 N–H and O–H groups in total. The Labute approximate surface area is 501 Å². The molecule has 9 nitrogen and oxygen atoms in total. The van der Waals surface area contributed by atoms with E-state index in [1.807, 2.05) is 24.3 Å². The van der Waals surface area contributed by atoms with E-state index in [9.17, 15) is 44.1 Å². The largest absolute Gasteiger partial charge is 0.389 e. The average molecular weight is 1140 g/mol. The van der Waals surface area contributed by atoms with E-state index in [2.05, 4.69) is 104 Å². The summed E-state index contributed by atoms with van der Waals surface area (Å²) in [5.74, 6) is 4.58. The lowest BCUT2D eigenvalue weighted by Crippen LogP contribution is -2.46. The highest BCUT2D eigenvalue weighted by atomic mass is 16.3. The highest BCUT2D eigenvalue weighted by molar-refractivity contribution is 6.01. The number of carbonyl (C=O) groups excluding carboxylic acids is 6. The van der Waals surface area contributed by atoms with Crippen LogP contribution in [0.15, 0.2) is 112 Å². The normalized spacial score (nSPS) is 42.0. The van der Waals surface area contributed by atoms with Crippen molar-refractivity contribution in [2.45, 2.75) is 190 Å². The smallest absolute Gasteiger partial charge is 0.178 e. The molecule has 452 valence electrons. The summed E-state index contributed by atoms with van der Waals surface area (Å²) >= 11 is 0. The topological polar surface area (TPSA) is 163 Å². The lowest BCUT2D eigenvalue weighted by atomic mass is 9.51. The first-order valence-electron chi connectivity index (χ1n) is 33.1. The first-order valence-corrected chi connectivity index (χ1v) is 33.1. The third-order valence-electron chi connectivity index (χ3n) is 26.1. The third-order valence-corrected chi connectivity index (χ3v) is 26.1. The molecule has 0 heterocycles. The number of aliphatic hydroxyl groups is 3. The quantitative estimate of drug-likeness (QED) is 0.183. The Kier molecular flexibility index (Phi) is 16.8. The molecular weight excluding hydrogens is 1040 g/mol. The van der Waals surface area contributed by atoms with Crippen LogP contribution < -0.4 is 0 Å². The van der Waals surface area contributed by atoms with Crippen LogP contribution in [0.4, 0.5) is 0 Å². The molecule has 84 heavy (non-hydrogen) atoms. The molecule has 6 saturated carbocycles. The lowest BCUT2D eigenvalue weighted by Gasteiger charge is -2.53. The van der Waals surface area contributed by atoms with Gasteiger partial charge in [-0.3, -0.25) is 28.8 Å². The van der Waals surface area contributed by atoms with E-state index >= 15 is 0 Å². The van der Waals surface area contributed by atoms with Crippen molar-refractivity contribution >= 4 is 34.7 Å². The van der Waals surface area contributed by atoms with Gasteiger partial charge in [-0.2, -0.15) is 0 Å². The lowest BCUT2D eigenvalue weighted by molar-refractivity contribution is -0.132. The van der Waals surface area contributed by atoms with E-state index in [1.165, 1.54) is 33.4 Å².